The topological polar surface area (TPSA) is 112 Å². The summed E-state index contributed by atoms with van der Waals surface area (Å²) in [6.07, 6.45) is 0. The Morgan fingerprint density at radius 2 is 1.74 bits per heavy atom. The van der Waals surface area contributed by atoms with E-state index < -0.39 is 32.6 Å². The number of halogens is 3. The monoisotopic (exact) mass is 345 g/mol. The number of nitrogens with zero attached hydrogens (tertiary/aromatic N) is 2. The van der Waals surface area contributed by atoms with E-state index in [1.165, 1.54) is 6.07 Å². The molecule has 0 aliphatic carbocycles. The molecule has 23 heavy (non-hydrogen) atoms. The van der Waals surface area contributed by atoms with Gasteiger partial charge in [-0.3, -0.25) is 0 Å². The van der Waals surface area contributed by atoms with Gasteiger partial charge in [-0.25, -0.2) is 26.7 Å². The minimum absolute atomic E-state index is 0.115. The average molecular weight is 345 g/mol. The molecule has 0 radical (unpaired) electrons. The highest BCUT2D eigenvalue weighted by Gasteiger charge is 2.20. The third kappa shape index (κ3) is 2.83. The van der Waals surface area contributed by atoms with Gasteiger partial charge in [-0.2, -0.15) is 4.98 Å². The van der Waals surface area contributed by atoms with E-state index in [4.69, 9.17) is 14.1 Å². The van der Waals surface area contributed by atoms with Crippen molar-refractivity contribution in [3.63, 3.8) is 0 Å². The minimum Gasteiger partial charge on any atom is -0.438 e. The van der Waals surface area contributed by atoms with Crippen LogP contribution in [0, 0.1) is 17.5 Å². The molecule has 0 bridgehead atoms. The molecule has 0 saturated heterocycles. The maximum atomic E-state index is 13.2. The van der Waals surface area contributed by atoms with Crippen LogP contribution in [-0.2, 0) is 10.0 Å². The van der Waals surface area contributed by atoms with Crippen LogP contribution in [0.4, 0.5) is 13.2 Å². The first-order chi connectivity index (χ1) is 10.8. The zero-order chi connectivity index (χ0) is 16.8. The molecule has 3 aromatic rings. The van der Waals surface area contributed by atoms with Crippen molar-refractivity contribution in [2.45, 2.75) is 5.09 Å². The number of rotatable bonds is 3. The Bertz CT molecular complexity index is 974. The fourth-order valence-electron chi connectivity index (χ4n) is 1.71. The first-order valence-corrected chi connectivity index (χ1v) is 7.42. The number of sulfonamides is 1. The predicted octanol–water partition coefficient (Wildman–Crippen LogP) is 2.06. The molecule has 0 atom stereocenters. The summed E-state index contributed by atoms with van der Waals surface area (Å²) in [6.45, 7) is 0. The Morgan fingerprint density at radius 3 is 2.30 bits per heavy atom. The summed E-state index contributed by atoms with van der Waals surface area (Å²) in [6, 6.07) is 3.66. The van der Waals surface area contributed by atoms with Gasteiger partial charge in [-0.1, -0.05) is 5.16 Å². The number of furan rings is 1. The Labute approximate surface area is 126 Å². The quantitative estimate of drug-likeness (QED) is 0.727. The maximum Gasteiger partial charge on any atom is 0.293 e. The van der Waals surface area contributed by atoms with Gasteiger partial charge in [-0.05, 0) is 24.3 Å². The van der Waals surface area contributed by atoms with Crippen molar-refractivity contribution in [1.29, 1.82) is 0 Å². The van der Waals surface area contributed by atoms with Gasteiger partial charge >= 0.3 is 0 Å². The lowest BCUT2D eigenvalue weighted by atomic mass is 10.2. The van der Waals surface area contributed by atoms with Gasteiger partial charge in [0.1, 0.15) is 0 Å². The Hall–Kier alpha value is -2.66. The molecule has 11 heteroatoms. The second-order valence-corrected chi connectivity index (χ2v) is 5.83. The number of aromatic nitrogens is 2. The third-order valence-corrected chi connectivity index (χ3v) is 3.52. The molecule has 3 rings (SSSR count). The average Bonchev–Trinajstić information content (AvgIpc) is 3.11. The predicted molar refractivity (Wildman–Crippen MR) is 68.7 cm³/mol. The lowest BCUT2D eigenvalue weighted by Gasteiger charge is -1.97. The SMILES string of the molecule is NS(=O)(=O)c1ccc(-c2nc(-c3cc(F)c(F)c(F)c3)no2)o1. The van der Waals surface area contributed by atoms with E-state index in [0.717, 1.165) is 6.07 Å². The van der Waals surface area contributed by atoms with Gasteiger partial charge in [-0.15, -0.1) is 0 Å². The number of benzene rings is 1. The molecule has 2 heterocycles. The Kier molecular flexibility index (Phi) is 3.45. The van der Waals surface area contributed by atoms with E-state index in [1.807, 2.05) is 0 Å². The Balaban J connectivity index is 1.99. The summed E-state index contributed by atoms with van der Waals surface area (Å²) >= 11 is 0. The van der Waals surface area contributed by atoms with Crippen molar-refractivity contribution >= 4 is 10.0 Å². The molecule has 2 aromatic heterocycles. The zero-order valence-corrected chi connectivity index (χ0v) is 11.8. The molecule has 2 N–H and O–H groups in total. The molecular weight excluding hydrogens is 339 g/mol. The van der Waals surface area contributed by atoms with Crippen molar-refractivity contribution in [3.05, 3.63) is 41.7 Å². The lowest BCUT2D eigenvalue weighted by molar-refractivity contribution is 0.399. The van der Waals surface area contributed by atoms with E-state index in [0.29, 0.717) is 12.1 Å². The standard InChI is InChI=1S/C12H6F3N3O4S/c13-6-3-5(4-7(14)10(6)15)11-17-12(22-18-11)8-1-2-9(21-8)23(16,19)20/h1-4H,(H2,16,19,20). The normalized spacial score (nSPS) is 11.8. The van der Waals surface area contributed by atoms with Gasteiger partial charge in [0.25, 0.3) is 15.9 Å². The number of hydrogen-bond acceptors (Lipinski definition) is 6. The van der Waals surface area contributed by atoms with E-state index in [2.05, 4.69) is 10.1 Å². The van der Waals surface area contributed by atoms with Crippen molar-refractivity contribution < 1.29 is 30.5 Å². The van der Waals surface area contributed by atoms with Crippen LogP contribution in [-0.4, -0.2) is 18.6 Å². The van der Waals surface area contributed by atoms with Crippen LogP contribution in [0.5, 0.6) is 0 Å². The maximum absolute atomic E-state index is 13.2. The molecule has 0 spiro atoms. The summed E-state index contributed by atoms with van der Waals surface area (Å²) in [7, 11) is -4.05. The van der Waals surface area contributed by atoms with Crippen molar-refractivity contribution in [2.24, 2.45) is 5.14 Å². The van der Waals surface area contributed by atoms with Crippen molar-refractivity contribution in [3.8, 4) is 23.0 Å². The molecule has 1 aromatic carbocycles. The minimum atomic E-state index is -4.05. The first kappa shape index (κ1) is 15.2. The molecule has 120 valence electrons. The molecule has 0 unspecified atom stereocenters. The van der Waals surface area contributed by atoms with Gasteiger partial charge in [0.15, 0.2) is 23.2 Å². The molecule has 0 aliphatic rings. The molecular formula is C12H6F3N3O4S. The van der Waals surface area contributed by atoms with Gasteiger partial charge in [0.2, 0.25) is 10.9 Å². The summed E-state index contributed by atoms with van der Waals surface area (Å²) in [5.41, 5.74) is -0.172. The smallest absolute Gasteiger partial charge is 0.293 e. The van der Waals surface area contributed by atoms with Gasteiger partial charge in [0.05, 0.1) is 0 Å². The van der Waals surface area contributed by atoms with Gasteiger partial charge in [0, 0.05) is 5.56 Å². The summed E-state index contributed by atoms with van der Waals surface area (Å²) < 4.78 is 71.3. The molecule has 0 amide bonds. The third-order valence-electron chi connectivity index (χ3n) is 2.74. The molecule has 0 aliphatic heterocycles. The van der Waals surface area contributed by atoms with E-state index in [9.17, 15) is 21.6 Å². The Morgan fingerprint density at radius 1 is 1.09 bits per heavy atom. The lowest BCUT2D eigenvalue weighted by Crippen LogP contribution is -2.10. The summed E-state index contributed by atoms with van der Waals surface area (Å²) in [5.74, 6) is -5.06. The van der Waals surface area contributed by atoms with E-state index >= 15 is 0 Å². The van der Waals surface area contributed by atoms with Crippen LogP contribution >= 0.6 is 0 Å². The van der Waals surface area contributed by atoms with Crippen LogP contribution in [0.1, 0.15) is 0 Å². The van der Waals surface area contributed by atoms with Crippen LogP contribution in [0.25, 0.3) is 23.0 Å². The van der Waals surface area contributed by atoms with E-state index in [-0.39, 0.29) is 23.0 Å². The highest BCUT2D eigenvalue weighted by Crippen LogP contribution is 2.26. The van der Waals surface area contributed by atoms with Crippen molar-refractivity contribution in [1.82, 2.24) is 10.1 Å². The van der Waals surface area contributed by atoms with Crippen LogP contribution in [0.15, 0.2) is 38.3 Å². The fraction of sp³-hybridized carbons (Fsp3) is 0. The molecule has 0 fully saturated rings. The first-order valence-electron chi connectivity index (χ1n) is 5.87. The summed E-state index contributed by atoms with van der Waals surface area (Å²) in [4.78, 5) is 3.80. The number of hydrogen-bond donors (Lipinski definition) is 1. The van der Waals surface area contributed by atoms with E-state index in [1.54, 1.807) is 0 Å². The number of nitrogens with two attached hydrogens (primary N) is 1. The molecule has 0 saturated carbocycles. The zero-order valence-electron chi connectivity index (χ0n) is 11.0. The number of primary sulfonamides is 1. The van der Waals surface area contributed by atoms with Crippen LogP contribution < -0.4 is 5.14 Å². The van der Waals surface area contributed by atoms with Crippen LogP contribution in [0.3, 0.4) is 0 Å². The second-order valence-electron chi connectivity index (χ2n) is 4.34. The second kappa shape index (κ2) is 5.21. The highest BCUT2D eigenvalue weighted by atomic mass is 32.2. The largest absolute Gasteiger partial charge is 0.438 e. The highest BCUT2D eigenvalue weighted by molar-refractivity contribution is 7.89. The molecule has 7 nitrogen and oxygen atoms in total. The van der Waals surface area contributed by atoms with Crippen molar-refractivity contribution in [2.75, 3.05) is 0 Å². The fourth-order valence-corrected chi connectivity index (χ4v) is 2.18. The van der Waals surface area contributed by atoms with Crippen LogP contribution in [0.2, 0.25) is 0 Å². The summed E-state index contributed by atoms with van der Waals surface area (Å²) in [5, 5.41) is 7.83. The van der Waals surface area contributed by atoms with Gasteiger partial charge < -0.3 is 8.94 Å².